The van der Waals surface area contributed by atoms with E-state index in [-0.39, 0.29) is 46.0 Å². The number of ether oxygens (including phenoxy) is 12. The van der Waals surface area contributed by atoms with Gasteiger partial charge in [-0.3, -0.25) is 0 Å². The minimum absolute atomic E-state index is 0.113. The standard InChI is InChI=1S/C58H94O26/c1-23(2)9-12-33-56(8,72)47-25-10-11-31-54(6)15-14-32(53(4,5)30(54)13-16-55(31,7)57(25)21-58(47,84-33)76-22-57)80-51-46(83-50-43(71)38(66)34(62)24(3)77-50)44(27(61)19-74-51)81-52-45(82-49-41(69)35(63)26(60)18-73-49)40(68)37(65)29(79-52)20-75-48-42(70)39(67)36(64)28(17-59)78-48/h9,24-52,59-72H,10-22H2,1-8H3/t24-,25+,26+,27-,28+,29+,30-,31+,32-,33+,34-,35-,36+,37+,38+,39-,40-,41+,42+,43+,44-,45+,46+,47-,48+,49-,50-,51-,52-,54-,55+,56-,57-,58-/m0/s1. The Balaban J connectivity index is 0.864. The monoisotopic (exact) mass is 1210 g/mol. The molecule has 84 heavy (non-hydrogen) atoms. The molecule has 14 N–H and O–H groups in total. The smallest absolute Gasteiger partial charge is 0.187 e. The Morgan fingerprint density at radius 3 is 1.93 bits per heavy atom. The molecule has 11 aliphatic rings. The summed E-state index contributed by atoms with van der Waals surface area (Å²) < 4.78 is 75.3. The molecule has 0 aromatic carbocycles. The molecule has 0 unspecified atom stereocenters. The van der Waals surface area contributed by atoms with Gasteiger partial charge in [0, 0.05) is 17.8 Å². The van der Waals surface area contributed by atoms with E-state index in [4.69, 9.17) is 56.8 Å². The van der Waals surface area contributed by atoms with Crippen molar-refractivity contribution >= 4 is 0 Å². The largest absolute Gasteiger partial charge is 0.394 e. The molecule has 0 aromatic heterocycles. The van der Waals surface area contributed by atoms with Crippen LogP contribution < -0.4 is 0 Å². The molecule has 7 saturated heterocycles. The van der Waals surface area contributed by atoms with E-state index < -0.39 is 191 Å². The van der Waals surface area contributed by atoms with Gasteiger partial charge in [-0.05, 0) is 107 Å². The van der Waals surface area contributed by atoms with E-state index in [2.05, 4.69) is 33.8 Å². The molecular weight excluding hydrogens is 1110 g/mol. The number of aliphatic hydroxyl groups is 14. The molecule has 2 spiro atoms. The highest BCUT2D eigenvalue weighted by atomic mass is 16.8. The Morgan fingerprint density at radius 2 is 1.21 bits per heavy atom. The van der Waals surface area contributed by atoms with Gasteiger partial charge in [0.2, 0.25) is 0 Å². The second-order valence-corrected chi connectivity index (χ2v) is 28.1. The summed E-state index contributed by atoms with van der Waals surface area (Å²) in [6.45, 7) is 14.8. The van der Waals surface area contributed by atoms with Gasteiger partial charge in [0.05, 0.1) is 56.9 Å². The summed E-state index contributed by atoms with van der Waals surface area (Å²) in [5.41, 5.74) is -0.986. The third-order valence-corrected chi connectivity index (χ3v) is 22.7. The first-order chi connectivity index (χ1) is 39.5. The first-order valence-electron chi connectivity index (χ1n) is 30.3. The van der Waals surface area contributed by atoms with Crippen LogP contribution in [0.1, 0.15) is 107 Å². The van der Waals surface area contributed by atoms with Crippen LogP contribution in [0.4, 0.5) is 0 Å². The lowest BCUT2D eigenvalue weighted by Gasteiger charge is -2.70. The molecule has 0 aromatic rings. The number of rotatable bonds is 14. The first-order valence-corrected chi connectivity index (χ1v) is 30.3. The van der Waals surface area contributed by atoms with Gasteiger partial charge < -0.3 is 128 Å². The van der Waals surface area contributed by atoms with Gasteiger partial charge in [0.1, 0.15) is 104 Å². The van der Waals surface area contributed by atoms with Crippen molar-refractivity contribution in [3.05, 3.63) is 11.6 Å². The molecule has 0 amide bonds. The van der Waals surface area contributed by atoms with E-state index in [1.54, 1.807) is 0 Å². The quantitative estimate of drug-likeness (QED) is 0.0621. The molecule has 11 fully saturated rings. The fraction of sp³-hybridized carbons (Fsp3) is 0.966. The van der Waals surface area contributed by atoms with Gasteiger partial charge in [0.25, 0.3) is 0 Å². The van der Waals surface area contributed by atoms with Crippen molar-refractivity contribution in [3.63, 3.8) is 0 Å². The van der Waals surface area contributed by atoms with Crippen molar-refractivity contribution in [2.75, 3.05) is 33.0 Å². The van der Waals surface area contributed by atoms with Crippen molar-refractivity contribution in [3.8, 4) is 0 Å². The van der Waals surface area contributed by atoms with Gasteiger partial charge in [0.15, 0.2) is 37.2 Å². The summed E-state index contributed by atoms with van der Waals surface area (Å²) in [5.74, 6) is -0.386. The summed E-state index contributed by atoms with van der Waals surface area (Å²) in [6, 6.07) is 0. The highest BCUT2D eigenvalue weighted by molar-refractivity contribution is 5.28. The van der Waals surface area contributed by atoms with Crippen LogP contribution in [0.2, 0.25) is 0 Å². The topological polar surface area (TPSA) is 394 Å². The lowest BCUT2D eigenvalue weighted by Crippen LogP contribution is -2.68. The zero-order valence-corrected chi connectivity index (χ0v) is 49.2. The van der Waals surface area contributed by atoms with Gasteiger partial charge in [-0.2, -0.15) is 0 Å². The summed E-state index contributed by atoms with van der Waals surface area (Å²) >= 11 is 0. The van der Waals surface area contributed by atoms with Crippen LogP contribution >= 0.6 is 0 Å². The fourth-order valence-corrected chi connectivity index (χ4v) is 18.2. The van der Waals surface area contributed by atoms with Crippen LogP contribution in [-0.4, -0.2) is 269 Å². The van der Waals surface area contributed by atoms with Crippen LogP contribution in [-0.2, 0) is 56.8 Å². The fourth-order valence-electron chi connectivity index (χ4n) is 18.2. The van der Waals surface area contributed by atoms with Crippen molar-refractivity contribution in [2.24, 2.45) is 45.3 Å². The van der Waals surface area contributed by atoms with E-state index >= 15 is 0 Å². The summed E-state index contributed by atoms with van der Waals surface area (Å²) in [4.78, 5) is 0. The molecule has 7 heterocycles. The van der Waals surface area contributed by atoms with Crippen LogP contribution in [0.25, 0.3) is 0 Å². The molecule has 26 heteroatoms. The Morgan fingerprint density at radius 1 is 0.583 bits per heavy atom. The minimum Gasteiger partial charge on any atom is -0.394 e. The second-order valence-electron chi connectivity index (χ2n) is 28.1. The molecule has 11 rings (SSSR count). The highest BCUT2D eigenvalue weighted by Crippen LogP contribution is 2.81. The van der Waals surface area contributed by atoms with Gasteiger partial charge in [-0.15, -0.1) is 0 Å². The maximum atomic E-state index is 12.4. The highest BCUT2D eigenvalue weighted by Gasteiger charge is 2.83. The normalized spacial score (nSPS) is 57.0. The molecule has 26 nitrogen and oxygen atoms in total. The molecular formula is C58H94O26. The average molecular weight is 1210 g/mol. The van der Waals surface area contributed by atoms with Crippen LogP contribution in [0, 0.1) is 45.3 Å². The van der Waals surface area contributed by atoms with Crippen molar-refractivity contribution in [1.29, 1.82) is 0 Å². The number of hydrogen-bond acceptors (Lipinski definition) is 26. The van der Waals surface area contributed by atoms with Crippen LogP contribution in [0.15, 0.2) is 11.6 Å². The van der Waals surface area contributed by atoms with Crippen LogP contribution in [0.5, 0.6) is 0 Å². The molecule has 34 atom stereocenters. The molecule has 7 aliphatic heterocycles. The van der Waals surface area contributed by atoms with E-state index in [0.717, 1.165) is 38.5 Å². The zero-order chi connectivity index (χ0) is 60.7. The Kier molecular flexibility index (Phi) is 17.9. The first kappa shape index (κ1) is 64.2. The molecule has 4 saturated carbocycles. The van der Waals surface area contributed by atoms with E-state index in [1.807, 2.05) is 20.8 Å². The number of hydrogen-bond donors (Lipinski definition) is 14. The Bertz CT molecular complexity index is 2330. The summed E-state index contributed by atoms with van der Waals surface area (Å²) in [7, 11) is 0. The zero-order valence-electron chi connectivity index (χ0n) is 49.2. The van der Waals surface area contributed by atoms with Crippen LogP contribution in [0.3, 0.4) is 0 Å². The van der Waals surface area contributed by atoms with E-state index in [9.17, 15) is 71.5 Å². The molecule has 2 bridgehead atoms. The van der Waals surface area contributed by atoms with Crippen molar-refractivity contribution in [1.82, 2.24) is 0 Å². The SMILES string of the molecule is CC(C)=CC[C@H]1O[C@]23C[C@]4(CO2)[C@H](CC[C@@H]2[C@@]5(C)CC[C@H](O[C@@H]6OC[C@H](O)[C@H](O[C@@H]7O[C@H](CO[C@@H]8O[C@H](CO)[C@@H](O)[C@H](O)[C@H]8O)[C@@H](O)[C@H](O)[C@H]7O[C@@H]7OC[C@@H](O)[C@H](O)[C@H]7O)[C@H]6O[C@@H]6O[C@@H](C)[C@H](O)[C@@H](O)[C@H]6O)C(C)(C)[C@@H]5CC[C@]24C)[C@H]3[C@@]1(C)O. The van der Waals surface area contributed by atoms with Crippen molar-refractivity contribution in [2.45, 2.75) is 272 Å². The van der Waals surface area contributed by atoms with Gasteiger partial charge in [-0.1, -0.05) is 39.3 Å². The maximum absolute atomic E-state index is 12.4. The summed E-state index contributed by atoms with van der Waals surface area (Å²) in [6.07, 6.45) is -31.7. The predicted octanol–water partition coefficient (Wildman–Crippen LogP) is -2.72. The van der Waals surface area contributed by atoms with Gasteiger partial charge in [-0.25, -0.2) is 0 Å². The lowest BCUT2D eigenvalue weighted by atomic mass is 9.35. The molecule has 482 valence electrons. The predicted molar refractivity (Wildman–Crippen MR) is 283 cm³/mol. The molecule has 4 aliphatic carbocycles. The number of fused-ring (bicyclic) bond motifs is 4. The van der Waals surface area contributed by atoms with Crippen molar-refractivity contribution < 1.29 is 128 Å². The minimum atomic E-state index is -2.04. The molecule has 0 radical (unpaired) electrons. The average Bonchev–Trinajstić information content (AvgIpc) is 1.44. The summed E-state index contributed by atoms with van der Waals surface area (Å²) in [5, 5.41) is 154. The lowest BCUT2D eigenvalue weighted by molar-refractivity contribution is -0.401. The number of aliphatic hydroxyl groups excluding tert-OH is 13. The second kappa shape index (κ2) is 23.4. The van der Waals surface area contributed by atoms with E-state index in [1.165, 1.54) is 12.5 Å². The Hall–Kier alpha value is -1.30. The third-order valence-electron chi connectivity index (χ3n) is 22.7. The third kappa shape index (κ3) is 10.3. The Labute approximate surface area is 488 Å². The number of allylic oxidation sites excluding steroid dienone is 1. The maximum Gasteiger partial charge on any atom is 0.187 e. The van der Waals surface area contributed by atoms with E-state index in [0.29, 0.717) is 19.4 Å². The van der Waals surface area contributed by atoms with Gasteiger partial charge >= 0.3 is 0 Å².